The number of hydrogen-bond acceptors (Lipinski definition) is 2. The Labute approximate surface area is 98.0 Å². The van der Waals surface area contributed by atoms with E-state index in [0.717, 1.165) is 23.9 Å². The first kappa shape index (κ1) is 9.85. The van der Waals surface area contributed by atoms with Crippen LogP contribution in [0.5, 0.6) is 0 Å². The highest BCUT2D eigenvalue weighted by molar-refractivity contribution is 6.35. The van der Waals surface area contributed by atoms with Crippen molar-refractivity contribution in [3.05, 3.63) is 29.0 Å². The van der Waals surface area contributed by atoms with Crippen LogP contribution in [0, 0.1) is 0 Å². The topological polar surface area (TPSA) is 34.9 Å². The van der Waals surface area contributed by atoms with Gasteiger partial charge in [-0.15, -0.1) is 0 Å². The highest BCUT2D eigenvalue weighted by Gasteiger charge is 2.29. The maximum absolute atomic E-state index is 11.6. The van der Waals surface area contributed by atoms with Gasteiger partial charge in [-0.05, 0) is 25.0 Å². The molecule has 0 bridgehead atoms. The van der Waals surface area contributed by atoms with Crippen molar-refractivity contribution in [3.63, 3.8) is 0 Å². The molecule has 1 aliphatic rings. The van der Waals surface area contributed by atoms with E-state index < -0.39 is 0 Å². The van der Waals surface area contributed by atoms with Gasteiger partial charge in [-0.1, -0.05) is 17.7 Å². The molecule has 1 fully saturated rings. The van der Waals surface area contributed by atoms with Crippen molar-refractivity contribution in [1.29, 1.82) is 0 Å². The number of para-hydroxylation sites is 1. The van der Waals surface area contributed by atoms with E-state index in [1.807, 2.05) is 16.7 Å². The molecule has 1 saturated carbocycles. The molecule has 0 unspecified atom stereocenters. The standard InChI is InChI=1S/C12H11ClN2O/c1-7(16)12-14-11-9(13)3-2-4-10(11)15(12)8-5-6-8/h2-4,8H,5-6H2,1H3. The summed E-state index contributed by atoms with van der Waals surface area (Å²) in [4.78, 5) is 15.9. The number of rotatable bonds is 2. The van der Waals surface area contributed by atoms with E-state index in [1.165, 1.54) is 0 Å². The minimum Gasteiger partial charge on any atom is -0.318 e. The molecule has 82 valence electrons. The van der Waals surface area contributed by atoms with Crippen LogP contribution in [0.1, 0.15) is 36.4 Å². The lowest BCUT2D eigenvalue weighted by atomic mass is 10.3. The van der Waals surface area contributed by atoms with Crippen LogP contribution < -0.4 is 0 Å². The third-order valence-corrected chi connectivity index (χ3v) is 3.20. The summed E-state index contributed by atoms with van der Waals surface area (Å²) in [5, 5.41) is 0.611. The molecular weight excluding hydrogens is 224 g/mol. The zero-order valence-electron chi connectivity index (χ0n) is 8.90. The number of aromatic nitrogens is 2. The van der Waals surface area contributed by atoms with E-state index in [1.54, 1.807) is 13.0 Å². The lowest BCUT2D eigenvalue weighted by molar-refractivity contribution is 0.1000. The second-order valence-corrected chi connectivity index (χ2v) is 4.61. The second-order valence-electron chi connectivity index (χ2n) is 4.20. The van der Waals surface area contributed by atoms with Crippen LogP contribution in [0.2, 0.25) is 5.02 Å². The third kappa shape index (κ3) is 1.35. The largest absolute Gasteiger partial charge is 0.318 e. The number of fused-ring (bicyclic) bond motifs is 1. The molecule has 0 saturated heterocycles. The number of ketones is 1. The van der Waals surface area contributed by atoms with Crippen molar-refractivity contribution in [2.45, 2.75) is 25.8 Å². The van der Waals surface area contributed by atoms with E-state index in [2.05, 4.69) is 4.98 Å². The summed E-state index contributed by atoms with van der Waals surface area (Å²) in [6.07, 6.45) is 2.25. The van der Waals surface area contributed by atoms with E-state index in [9.17, 15) is 4.79 Å². The van der Waals surface area contributed by atoms with Gasteiger partial charge in [-0.3, -0.25) is 4.79 Å². The third-order valence-electron chi connectivity index (χ3n) is 2.90. The molecule has 3 nitrogen and oxygen atoms in total. The maximum atomic E-state index is 11.6. The molecule has 0 aliphatic heterocycles. The van der Waals surface area contributed by atoms with E-state index in [-0.39, 0.29) is 5.78 Å². The van der Waals surface area contributed by atoms with Gasteiger partial charge in [0.25, 0.3) is 0 Å². The summed E-state index contributed by atoms with van der Waals surface area (Å²) in [5.74, 6) is 0.532. The quantitative estimate of drug-likeness (QED) is 0.748. The first-order chi connectivity index (χ1) is 7.68. The molecular formula is C12H11ClN2O. The Balaban J connectivity index is 2.37. The number of nitrogens with zero attached hydrogens (tertiary/aromatic N) is 2. The Kier molecular flexibility index (Phi) is 2.04. The predicted octanol–water partition coefficient (Wildman–Crippen LogP) is 3.23. The first-order valence-electron chi connectivity index (χ1n) is 5.36. The number of hydrogen-bond donors (Lipinski definition) is 0. The Morgan fingerprint density at radius 2 is 2.25 bits per heavy atom. The van der Waals surface area contributed by atoms with Crippen LogP contribution in [0.15, 0.2) is 18.2 Å². The van der Waals surface area contributed by atoms with Crippen LogP contribution in [0.3, 0.4) is 0 Å². The van der Waals surface area contributed by atoms with Crippen molar-refractivity contribution >= 4 is 28.4 Å². The van der Waals surface area contributed by atoms with Crippen molar-refractivity contribution < 1.29 is 4.79 Å². The average molecular weight is 235 g/mol. The molecule has 3 rings (SSSR count). The Morgan fingerprint density at radius 1 is 1.50 bits per heavy atom. The number of carbonyl (C=O) groups is 1. The summed E-state index contributed by atoms with van der Waals surface area (Å²) in [6, 6.07) is 6.11. The highest BCUT2D eigenvalue weighted by Crippen LogP contribution is 2.39. The summed E-state index contributed by atoms with van der Waals surface area (Å²) in [7, 11) is 0. The smallest absolute Gasteiger partial charge is 0.195 e. The van der Waals surface area contributed by atoms with Gasteiger partial charge in [0, 0.05) is 13.0 Å². The fourth-order valence-corrected chi connectivity index (χ4v) is 2.25. The molecule has 1 aliphatic carbocycles. The van der Waals surface area contributed by atoms with E-state index in [4.69, 9.17) is 11.6 Å². The molecule has 1 heterocycles. The molecule has 16 heavy (non-hydrogen) atoms. The molecule has 2 aromatic rings. The SMILES string of the molecule is CC(=O)c1nc2c(Cl)cccc2n1C1CC1. The minimum atomic E-state index is -0.000772. The first-order valence-corrected chi connectivity index (χ1v) is 5.73. The number of Topliss-reactive ketones (excluding diaryl/α,β-unsaturated/α-hetero) is 1. The van der Waals surface area contributed by atoms with Gasteiger partial charge in [0.1, 0.15) is 5.52 Å². The number of imidazole rings is 1. The summed E-state index contributed by atoms with van der Waals surface area (Å²) >= 11 is 6.08. The minimum absolute atomic E-state index is 0.000772. The molecule has 0 radical (unpaired) electrons. The molecule has 1 aromatic carbocycles. The zero-order chi connectivity index (χ0) is 11.3. The van der Waals surface area contributed by atoms with Crippen LogP contribution in [-0.4, -0.2) is 15.3 Å². The monoisotopic (exact) mass is 234 g/mol. The van der Waals surface area contributed by atoms with Crippen LogP contribution in [0.4, 0.5) is 0 Å². The Bertz CT molecular complexity index is 584. The van der Waals surface area contributed by atoms with Crippen LogP contribution in [0.25, 0.3) is 11.0 Å². The predicted molar refractivity (Wildman–Crippen MR) is 63.0 cm³/mol. The van der Waals surface area contributed by atoms with Crippen molar-refractivity contribution in [1.82, 2.24) is 9.55 Å². The van der Waals surface area contributed by atoms with Crippen molar-refractivity contribution in [3.8, 4) is 0 Å². The van der Waals surface area contributed by atoms with Crippen molar-refractivity contribution in [2.75, 3.05) is 0 Å². The van der Waals surface area contributed by atoms with Gasteiger partial charge in [-0.2, -0.15) is 0 Å². The Hall–Kier alpha value is -1.35. The molecule has 4 heteroatoms. The highest BCUT2D eigenvalue weighted by atomic mass is 35.5. The summed E-state index contributed by atoms with van der Waals surface area (Å²) in [6.45, 7) is 1.55. The van der Waals surface area contributed by atoms with Crippen LogP contribution in [-0.2, 0) is 0 Å². The fraction of sp³-hybridized carbons (Fsp3) is 0.333. The molecule has 0 spiro atoms. The zero-order valence-corrected chi connectivity index (χ0v) is 9.66. The number of carbonyl (C=O) groups excluding carboxylic acids is 1. The fourth-order valence-electron chi connectivity index (χ4n) is 2.03. The van der Waals surface area contributed by atoms with Crippen LogP contribution >= 0.6 is 11.6 Å². The molecule has 0 N–H and O–H groups in total. The maximum Gasteiger partial charge on any atom is 0.195 e. The lowest BCUT2D eigenvalue weighted by Gasteiger charge is -2.04. The van der Waals surface area contributed by atoms with Gasteiger partial charge in [-0.25, -0.2) is 4.98 Å². The molecule has 0 atom stereocenters. The van der Waals surface area contributed by atoms with Gasteiger partial charge < -0.3 is 4.57 Å². The lowest BCUT2D eigenvalue weighted by Crippen LogP contribution is -2.05. The number of benzene rings is 1. The van der Waals surface area contributed by atoms with Gasteiger partial charge in [0.15, 0.2) is 11.6 Å². The van der Waals surface area contributed by atoms with E-state index >= 15 is 0 Å². The second kappa shape index (κ2) is 3.32. The summed E-state index contributed by atoms with van der Waals surface area (Å²) in [5.41, 5.74) is 1.71. The van der Waals surface area contributed by atoms with Crippen molar-refractivity contribution in [2.24, 2.45) is 0 Å². The molecule has 0 amide bonds. The van der Waals surface area contributed by atoms with Gasteiger partial charge >= 0.3 is 0 Å². The summed E-state index contributed by atoms with van der Waals surface area (Å²) < 4.78 is 2.03. The van der Waals surface area contributed by atoms with E-state index in [0.29, 0.717) is 16.9 Å². The average Bonchev–Trinajstić information content (AvgIpc) is 2.99. The molecule has 1 aromatic heterocycles. The normalized spacial score (nSPS) is 15.6. The number of halogens is 1. The van der Waals surface area contributed by atoms with Gasteiger partial charge in [0.2, 0.25) is 0 Å². The Morgan fingerprint density at radius 3 is 2.88 bits per heavy atom. The van der Waals surface area contributed by atoms with Gasteiger partial charge in [0.05, 0.1) is 10.5 Å².